The van der Waals surface area contributed by atoms with E-state index < -0.39 is 5.60 Å². The number of rotatable bonds is 5. The van der Waals surface area contributed by atoms with E-state index in [2.05, 4.69) is 20.4 Å². The molecule has 33 heavy (non-hydrogen) atoms. The molecule has 11 heteroatoms. The minimum Gasteiger partial charge on any atom is -0.375 e. The van der Waals surface area contributed by atoms with Crippen LogP contribution in [0.15, 0.2) is 48.0 Å². The lowest BCUT2D eigenvalue weighted by molar-refractivity contribution is -0.143. The smallest absolute Gasteiger partial charge is 0.258 e. The zero-order valence-corrected chi connectivity index (χ0v) is 19.4. The predicted molar refractivity (Wildman–Crippen MR) is 126 cm³/mol. The van der Waals surface area contributed by atoms with Crippen LogP contribution in [0.1, 0.15) is 12.0 Å². The second-order valence-electron chi connectivity index (χ2n) is 7.82. The molecule has 4 heterocycles. The number of carbonyl (C=O) groups is 1. The van der Waals surface area contributed by atoms with Crippen LogP contribution in [0.3, 0.4) is 0 Å². The highest BCUT2D eigenvalue weighted by Crippen LogP contribution is 2.36. The third-order valence-corrected chi connectivity index (χ3v) is 6.83. The molecule has 0 spiro atoms. The van der Waals surface area contributed by atoms with Gasteiger partial charge in [0.15, 0.2) is 11.4 Å². The summed E-state index contributed by atoms with van der Waals surface area (Å²) in [6.45, 7) is 0.524. The summed E-state index contributed by atoms with van der Waals surface area (Å²) in [5.74, 6) is 0.639. The summed E-state index contributed by atoms with van der Waals surface area (Å²) in [5, 5.41) is 21.4. The first kappa shape index (κ1) is 21.5. The Morgan fingerprint density at radius 3 is 2.76 bits per heavy atom. The van der Waals surface area contributed by atoms with Crippen molar-refractivity contribution in [3.63, 3.8) is 0 Å². The molecule has 1 amide bonds. The fourth-order valence-corrected chi connectivity index (χ4v) is 4.69. The molecular weight excluding hydrogens is 462 g/mol. The highest BCUT2D eigenvalue weighted by atomic mass is 35.5. The van der Waals surface area contributed by atoms with Gasteiger partial charge >= 0.3 is 0 Å². The van der Waals surface area contributed by atoms with Gasteiger partial charge in [-0.05, 0) is 17.7 Å². The van der Waals surface area contributed by atoms with Crippen LogP contribution < -0.4 is 5.32 Å². The van der Waals surface area contributed by atoms with Crippen LogP contribution in [0.5, 0.6) is 0 Å². The van der Waals surface area contributed by atoms with Crippen molar-refractivity contribution in [3.8, 4) is 22.0 Å². The number of aryl methyl sites for hydroxylation is 1. The quantitative estimate of drug-likeness (QED) is 0.449. The Hall–Kier alpha value is -3.34. The molecule has 5 rings (SSSR count). The third kappa shape index (κ3) is 3.97. The van der Waals surface area contributed by atoms with E-state index in [1.165, 1.54) is 11.3 Å². The molecule has 0 bridgehead atoms. The zero-order chi connectivity index (χ0) is 23.2. The first-order valence-corrected chi connectivity index (χ1v) is 11.4. The molecule has 3 aromatic heterocycles. The van der Waals surface area contributed by atoms with Crippen LogP contribution in [-0.2, 0) is 17.4 Å². The van der Waals surface area contributed by atoms with E-state index in [1.54, 1.807) is 48.1 Å². The van der Waals surface area contributed by atoms with Gasteiger partial charge in [0.05, 0.1) is 5.69 Å². The molecule has 1 atom stereocenters. The number of nitrogens with one attached hydrogen (secondary N) is 1. The number of aromatic nitrogens is 5. The van der Waals surface area contributed by atoms with Crippen molar-refractivity contribution in [3.05, 3.63) is 58.7 Å². The molecule has 168 valence electrons. The summed E-state index contributed by atoms with van der Waals surface area (Å²) in [5.41, 5.74) is 1.26. The number of nitrogens with zero attached hydrogens (tertiary/aromatic N) is 6. The summed E-state index contributed by atoms with van der Waals surface area (Å²) in [6.07, 6.45) is 2.01. The summed E-state index contributed by atoms with van der Waals surface area (Å²) in [4.78, 5) is 27.5. The van der Waals surface area contributed by atoms with Crippen molar-refractivity contribution in [1.29, 1.82) is 0 Å². The number of thiazole rings is 1. The fraction of sp³-hybridized carbons (Fsp3) is 0.227. The van der Waals surface area contributed by atoms with Gasteiger partial charge in [0.2, 0.25) is 5.95 Å². The van der Waals surface area contributed by atoms with Crippen LogP contribution in [0.2, 0.25) is 5.15 Å². The number of likely N-dealkylation sites (N-methyl/N-ethyl adjacent to an activating group) is 1. The molecule has 0 aliphatic carbocycles. The maximum atomic E-state index is 12.5. The Kier molecular flexibility index (Phi) is 5.35. The number of amides is 1. The zero-order valence-electron chi connectivity index (χ0n) is 17.9. The molecule has 1 aliphatic heterocycles. The number of carbonyl (C=O) groups excluding carboxylic acids is 1. The number of benzene rings is 1. The number of hydrogen-bond donors (Lipinski definition) is 2. The van der Waals surface area contributed by atoms with Crippen molar-refractivity contribution >= 4 is 40.6 Å². The Balaban J connectivity index is 1.41. The van der Waals surface area contributed by atoms with E-state index in [4.69, 9.17) is 16.6 Å². The molecule has 9 nitrogen and oxygen atoms in total. The highest BCUT2D eigenvalue weighted by molar-refractivity contribution is 7.13. The number of halogens is 1. The molecule has 1 saturated heterocycles. The van der Waals surface area contributed by atoms with E-state index in [0.29, 0.717) is 46.8 Å². The lowest BCUT2D eigenvalue weighted by Crippen LogP contribution is -2.36. The average molecular weight is 482 g/mol. The minimum absolute atomic E-state index is 0.283. The fourth-order valence-electron chi connectivity index (χ4n) is 3.74. The molecule has 1 fully saturated rings. The Bertz CT molecular complexity index is 1330. The predicted octanol–water partition coefficient (Wildman–Crippen LogP) is 3.45. The van der Waals surface area contributed by atoms with Crippen molar-refractivity contribution in [2.24, 2.45) is 7.05 Å². The summed E-state index contributed by atoms with van der Waals surface area (Å²) < 4.78 is 1.54. The van der Waals surface area contributed by atoms with Gasteiger partial charge in [-0.25, -0.2) is 15.0 Å². The summed E-state index contributed by atoms with van der Waals surface area (Å²) in [7, 11) is 3.45. The molecule has 0 unspecified atom stereocenters. The van der Waals surface area contributed by atoms with Crippen LogP contribution >= 0.6 is 22.9 Å². The maximum Gasteiger partial charge on any atom is 0.258 e. The standard InChI is InChI=1S/C22H20ClN7O2S/c1-29-9-7-22(32,20(29)31)14-5-3-4-13(10-14)19-25-16(12-33-19)15-6-8-24-21(26-15)27-18-11-17(23)30(2)28-18/h3-6,8,10-12,32H,7,9H2,1-2H3,(H,24,26,27,28)/t22-/m1/s1. The van der Waals surface area contributed by atoms with Crippen LogP contribution in [0.25, 0.3) is 22.0 Å². The molecule has 1 aromatic carbocycles. The topological polar surface area (TPSA) is 109 Å². The van der Waals surface area contributed by atoms with Gasteiger partial charge in [0, 0.05) is 50.3 Å². The first-order chi connectivity index (χ1) is 15.8. The maximum absolute atomic E-state index is 12.5. The van der Waals surface area contributed by atoms with Crippen LogP contribution in [0, 0.1) is 0 Å². The molecule has 0 radical (unpaired) electrons. The number of aliphatic hydroxyl groups is 1. The SMILES string of the molecule is CN1CC[C@@](O)(c2cccc(-c3nc(-c4ccnc(Nc5cc(Cl)n(C)n5)n4)cs3)c2)C1=O. The van der Waals surface area contributed by atoms with Gasteiger partial charge < -0.3 is 15.3 Å². The lowest BCUT2D eigenvalue weighted by Gasteiger charge is -2.21. The van der Waals surface area contributed by atoms with E-state index in [0.717, 1.165) is 10.6 Å². The van der Waals surface area contributed by atoms with E-state index in [9.17, 15) is 9.90 Å². The largest absolute Gasteiger partial charge is 0.375 e. The number of likely N-dealkylation sites (tertiary alicyclic amines) is 1. The first-order valence-electron chi connectivity index (χ1n) is 10.2. The van der Waals surface area contributed by atoms with Gasteiger partial charge in [-0.3, -0.25) is 9.48 Å². The third-order valence-electron chi connectivity index (χ3n) is 5.58. The van der Waals surface area contributed by atoms with Crippen molar-refractivity contribution in [2.75, 3.05) is 18.9 Å². The van der Waals surface area contributed by atoms with Crippen LogP contribution in [0.4, 0.5) is 11.8 Å². The van der Waals surface area contributed by atoms with E-state index in [1.807, 2.05) is 23.6 Å². The Morgan fingerprint density at radius 2 is 2.03 bits per heavy atom. The normalized spacial score (nSPS) is 18.2. The van der Waals surface area contributed by atoms with Gasteiger partial charge in [0.25, 0.3) is 5.91 Å². The molecular formula is C22H20ClN7O2S. The van der Waals surface area contributed by atoms with Crippen molar-refractivity contribution < 1.29 is 9.90 Å². The Morgan fingerprint density at radius 1 is 1.18 bits per heavy atom. The van der Waals surface area contributed by atoms with Crippen molar-refractivity contribution in [1.82, 2.24) is 29.6 Å². The van der Waals surface area contributed by atoms with Gasteiger partial charge in [-0.1, -0.05) is 29.8 Å². The lowest BCUT2D eigenvalue weighted by atomic mass is 9.91. The summed E-state index contributed by atoms with van der Waals surface area (Å²) >= 11 is 7.50. The average Bonchev–Trinajstić information content (AvgIpc) is 3.50. The number of anilines is 2. The van der Waals surface area contributed by atoms with E-state index in [-0.39, 0.29) is 5.91 Å². The Labute approximate surface area is 198 Å². The molecule has 4 aromatic rings. The second kappa shape index (κ2) is 8.22. The molecule has 1 aliphatic rings. The van der Waals surface area contributed by atoms with E-state index >= 15 is 0 Å². The monoisotopic (exact) mass is 481 g/mol. The van der Waals surface area contributed by atoms with Crippen LogP contribution in [-0.4, -0.2) is 54.2 Å². The van der Waals surface area contributed by atoms with Gasteiger partial charge in [-0.15, -0.1) is 11.3 Å². The molecule has 2 N–H and O–H groups in total. The van der Waals surface area contributed by atoms with Gasteiger partial charge in [0.1, 0.15) is 15.9 Å². The van der Waals surface area contributed by atoms with Crippen molar-refractivity contribution in [2.45, 2.75) is 12.0 Å². The minimum atomic E-state index is -1.49. The van der Waals surface area contributed by atoms with Gasteiger partial charge in [-0.2, -0.15) is 5.10 Å². The highest BCUT2D eigenvalue weighted by Gasteiger charge is 2.45. The summed E-state index contributed by atoms with van der Waals surface area (Å²) in [6, 6.07) is 10.8. The number of hydrogen-bond acceptors (Lipinski definition) is 8. The molecule has 0 saturated carbocycles. The second-order valence-corrected chi connectivity index (χ2v) is 9.07.